The van der Waals surface area contributed by atoms with Crippen LogP contribution in [-0.2, 0) is 0 Å². The fourth-order valence-corrected chi connectivity index (χ4v) is 1.69. The molecule has 3 heteroatoms. The Kier molecular flexibility index (Phi) is 2.80. The summed E-state index contributed by atoms with van der Waals surface area (Å²) in [6.07, 6.45) is 0. The van der Waals surface area contributed by atoms with E-state index < -0.39 is 5.82 Å². The van der Waals surface area contributed by atoms with E-state index in [0.717, 1.165) is 11.6 Å². The molecular formula is C14H10FNO. The van der Waals surface area contributed by atoms with E-state index in [2.05, 4.69) is 0 Å². The molecule has 0 aliphatic heterocycles. The Morgan fingerprint density at radius 2 is 1.94 bits per heavy atom. The highest BCUT2D eigenvalue weighted by Crippen LogP contribution is 2.30. The van der Waals surface area contributed by atoms with Crippen LogP contribution in [0, 0.1) is 24.1 Å². The van der Waals surface area contributed by atoms with Crippen LogP contribution in [-0.4, -0.2) is 5.11 Å². The van der Waals surface area contributed by atoms with Crippen molar-refractivity contribution >= 4 is 0 Å². The number of nitrogens with zero attached hydrogens (tertiary/aromatic N) is 1. The molecule has 0 saturated carbocycles. The predicted molar refractivity (Wildman–Crippen MR) is 63.0 cm³/mol. The molecule has 0 spiro atoms. The number of phenolic OH excluding ortho intramolecular Hbond substituents is 1. The number of aromatic hydroxyl groups is 1. The summed E-state index contributed by atoms with van der Waals surface area (Å²) in [6, 6.07) is 11.0. The Labute approximate surface area is 98.6 Å². The average Bonchev–Trinajstić information content (AvgIpc) is 2.31. The lowest BCUT2D eigenvalue weighted by Gasteiger charge is -2.06. The van der Waals surface area contributed by atoms with Crippen LogP contribution in [0.4, 0.5) is 4.39 Å². The van der Waals surface area contributed by atoms with Gasteiger partial charge in [0.25, 0.3) is 0 Å². The zero-order chi connectivity index (χ0) is 12.4. The van der Waals surface area contributed by atoms with Crippen molar-refractivity contribution in [3.63, 3.8) is 0 Å². The maximum atomic E-state index is 13.3. The quantitative estimate of drug-likeness (QED) is 0.811. The third-order valence-electron chi connectivity index (χ3n) is 2.49. The first kappa shape index (κ1) is 11.2. The molecule has 0 heterocycles. The number of hydrogen-bond acceptors (Lipinski definition) is 2. The monoisotopic (exact) mass is 227 g/mol. The van der Waals surface area contributed by atoms with Crippen molar-refractivity contribution in [2.24, 2.45) is 0 Å². The molecule has 1 N–H and O–H groups in total. The van der Waals surface area contributed by atoms with Crippen molar-refractivity contribution in [3.05, 3.63) is 53.3 Å². The van der Waals surface area contributed by atoms with Gasteiger partial charge in [-0.25, -0.2) is 4.39 Å². The Hall–Kier alpha value is -2.34. The molecule has 0 aromatic heterocycles. The highest BCUT2D eigenvalue weighted by atomic mass is 19.1. The van der Waals surface area contributed by atoms with Gasteiger partial charge in [-0.15, -0.1) is 0 Å². The van der Waals surface area contributed by atoms with E-state index in [9.17, 15) is 9.50 Å². The molecule has 0 saturated heterocycles. The molecule has 0 unspecified atom stereocenters. The Balaban J connectivity index is 2.64. The Morgan fingerprint density at radius 3 is 2.65 bits per heavy atom. The molecule has 0 radical (unpaired) electrons. The molecule has 2 aromatic rings. The first-order valence-corrected chi connectivity index (χ1v) is 5.11. The number of hydrogen-bond donors (Lipinski definition) is 1. The third-order valence-corrected chi connectivity index (χ3v) is 2.49. The normalized spacial score (nSPS) is 9.94. The minimum atomic E-state index is -0.486. The van der Waals surface area contributed by atoms with Gasteiger partial charge < -0.3 is 5.11 Å². The van der Waals surface area contributed by atoms with Crippen molar-refractivity contribution in [2.75, 3.05) is 0 Å². The van der Waals surface area contributed by atoms with Crippen LogP contribution in [0.1, 0.15) is 11.1 Å². The minimum Gasteiger partial charge on any atom is -0.507 e. The van der Waals surface area contributed by atoms with E-state index in [-0.39, 0.29) is 11.3 Å². The van der Waals surface area contributed by atoms with E-state index in [0.29, 0.717) is 11.1 Å². The Morgan fingerprint density at radius 1 is 1.18 bits per heavy atom. The molecule has 2 rings (SSSR count). The molecule has 17 heavy (non-hydrogen) atoms. The summed E-state index contributed by atoms with van der Waals surface area (Å²) in [6.45, 7) is 1.88. The van der Waals surface area contributed by atoms with Crippen molar-refractivity contribution in [1.82, 2.24) is 0 Å². The molecule has 0 amide bonds. The van der Waals surface area contributed by atoms with Gasteiger partial charge in [-0.05, 0) is 42.8 Å². The fourth-order valence-electron chi connectivity index (χ4n) is 1.69. The maximum Gasteiger partial charge on any atom is 0.125 e. The average molecular weight is 227 g/mol. The highest BCUT2D eigenvalue weighted by Gasteiger charge is 2.07. The van der Waals surface area contributed by atoms with Crippen LogP contribution >= 0.6 is 0 Å². The van der Waals surface area contributed by atoms with Crippen LogP contribution < -0.4 is 0 Å². The lowest BCUT2D eigenvalue weighted by Crippen LogP contribution is -1.86. The first-order valence-electron chi connectivity index (χ1n) is 5.11. The summed E-state index contributed by atoms with van der Waals surface area (Å²) in [4.78, 5) is 0. The Bertz CT molecular complexity index is 614. The van der Waals surface area contributed by atoms with E-state index in [1.807, 2.05) is 13.0 Å². The number of phenols is 1. The maximum absolute atomic E-state index is 13.3. The lowest BCUT2D eigenvalue weighted by molar-refractivity contribution is 0.477. The molecule has 0 bridgehead atoms. The molecule has 2 aromatic carbocycles. The van der Waals surface area contributed by atoms with E-state index in [4.69, 9.17) is 5.26 Å². The number of rotatable bonds is 1. The summed E-state index contributed by atoms with van der Waals surface area (Å²) in [5.74, 6) is -0.412. The van der Waals surface area contributed by atoms with Gasteiger partial charge in [0.2, 0.25) is 0 Å². The van der Waals surface area contributed by atoms with Gasteiger partial charge in [-0.2, -0.15) is 5.26 Å². The van der Waals surface area contributed by atoms with Crippen molar-refractivity contribution in [3.8, 4) is 22.9 Å². The van der Waals surface area contributed by atoms with Crippen LogP contribution in [0.2, 0.25) is 0 Å². The molecule has 0 atom stereocenters. The van der Waals surface area contributed by atoms with Crippen LogP contribution in [0.15, 0.2) is 36.4 Å². The van der Waals surface area contributed by atoms with Crippen LogP contribution in [0.3, 0.4) is 0 Å². The van der Waals surface area contributed by atoms with Gasteiger partial charge in [0.05, 0.1) is 11.6 Å². The molecule has 0 fully saturated rings. The zero-order valence-corrected chi connectivity index (χ0v) is 9.24. The molecular weight excluding hydrogens is 217 g/mol. The van der Waals surface area contributed by atoms with Gasteiger partial charge in [-0.3, -0.25) is 0 Å². The second-order valence-electron chi connectivity index (χ2n) is 3.86. The largest absolute Gasteiger partial charge is 0.507 e. The molecule has 2 nitrogen and oxygen atoms in total. The summed E-state index contributed by atoms with van der Waals surface area (Å²) >= 11 is 0. The van der Waals surface area contributed by atoms with Gasteiger partial charge in [0.1, 0.15) is 11.6 Å². The molecule has 0 aliphatic carbocycles. The molecule has 0 aliphatic rings. The second kappa shape index (κ2) is 4.26. The summed E-state index contributed by atoms with van der Waals surface area (Å²) in [5, 5.41) is 18.5. The minimum absolute atomic E-state index is 0.0742. The summed E-state index contributed by atoms with van der Waals surface area (Å²) in [7, 11) is 0. The second-order valence-corrected chi connectivity index (χ2v) is 3.86. The zero-order valence-electron chi connectivity index (χ0n) is 9.24. The van der Waals surface area contributed by atoms with Crippen molar-refractivity contribution < 1.29 is 9.50 Å². The fraction of sp³-hybridized carbons (Fsp3) is 0.0714. The van der Waals surface area contributed by atoms with Crippen molar-refractivity contribution in [2.45, 2.75) is 6.92 Å². The van der Waals surface area contributed by atoms with Crippen LogP contribution in [0.25, 0.3) is 11.1 Å². The van der Waals surface area contributed by atoms with Gasteiger partial charge in [0, 0.05) is 5.56 Å². The van der Waals surface area contributed by atoms with E-state index in [1.165, 1.54) is 6.07 Å². The SMILES string of the molecule is Cc1ccc(O)c(-c2cc(F)cc(C#N)c2)c1. The summed E-state index contributed by atoms with van der Waals surface area (Å²) < 4.78 is 13.3. The number of nitriles is 1. The standard InChI is InChI=1S/C14H10FNO/c1-9-2-3-14(17)13(4-9)11-5-10(8-16)6-12(15)7-11/h2-7,17H,1H3. The predicted octanol–water partition coefficient (Wildman–Crippen LogP) is 3.38. The summed E-state index contributed by atoms with van der Waals surface area (Å²) in [5.41, 5.74) is 2.23. The number of halogens is 1. The molecule has 84 valence electrons. The van der Waals surface area contributed by atoms with Crippen molar-refractivity contribution in [1.29, 1.82) is 5.26 Å². The van der Waals surface area contributed by atoms with Gasteiger partial charge in [-0.1, -0.05) is 11.6 Å². The van der Waals surface area contributed by atoms with Gasteiger partial charge in [0.15, 0.2) is 0 Å². The number of aryl methyl sites for hydroxylation is 1. The van der Waals surface area contributed by atoms with Gasteiger partial charge >= 0.3 is 0 Å². The smallest absolute Gasteiger partial charge is 0.125 e. The van der Waals surface area contributed by atoms with E-state index in [1.54, 1.807) is 24.3 Å². The number of benzene rings is 2. The first-order chi connectivity index (χ1) is 8.10. The highest BCUT2D eigenvalue weighted by molar-refractivity contribution is 5.72. The lowest BCUT2D eigenvalue weighted by atomic mass is 10.0. The third kappa shape index (κ3) is 2.26. The van der Waals surface area contributed by atoms with E-state index >= 15 is 0 Å². The topological polar surface area (TPSA) is 44.0 Å². The van der Waals surface area contributed by atoms with Crippen LogP contribution in [0.5, 0.6) is 5.75 Å².